The number of hydrogen-bond acceptors (Lipinski definition) is 3. The number of aliphatic carboxylic acids is 1. The first-order valence-electron chi connectivity index (χ1n) is 6.70. The van der Waals surface area contributed by atoms with Gasteiger partial charge in [0.1, 0.15) is 0 Å². The van der Waals surface area contributed by atoms with Gasteiger partial charge in [-0.2, -0.15) is 0 Å². The molecule has 0 aromatic heterocycles. The number of carbonyl (C=O) groups excluding carboxylic acids is 1. The average molecular weight is 272 g/mol. The van der Waals surface area contributed by atoms with Crippen molar-refractivity contribution < 1.29 is 19.4 Å². The van der Waals surface area contributed by atoms with E-state index in [-0.39, 0.29) is 23.8 Å². The van der Waals surface area contributed by atoms with Crippen LogP contribution in [-0.4, -0.2) is 43.9 Å². The lowest BCUT2D eigenvalue weighted by Crippen LogP contribution is -2.40. The summed E-state index contributed by atoms with van der Waals surface area (Å²) in [6.45, 7) is 3.56. The maximum absolute atomic E-state index is 11.6. The molecule has 1 aliphatic rings. The van der Waals surface area contributed by atoms with Gasteiger partial charge in [-0.3, -0.25) is 4.79 Å². The second kappa shape index (κ2) is 7.33. The van der Waals surface area contributed by atoms with Crippen molar-refractivity contribution in [2.75, 3.05) is 26.8 Å². The van der Waals surface area contributed by atoms with E-state index in [0.717, 1.165) is 25.9 Å². The number of rotatable bonds is 9. The van der Waals surface area contributed by atoms with Crippen LogP contribution in [-0.2, 0) is 9.53 Å². The summed E-state index contributed by atoms with van der Waals surface area (Å²) < 4.78 is 5.06. The molecular weight excluding hydrogens is 248 g/mol. The van der Waals surface area contributed by atoms with Gasteiger partial charge < -0.3 is 20.5 Å². The lowest BCUT2D eigenvalue weighted by Gasteiger charge is -2.16. The van der Waals surface area contributed by atoms with Crippen LogP contribution >= 0.6 is 0 Å². The highest BCUT2D eigenvalue weighted by Gasteiger charge is 2.42. The van der Waals surface area contributed by atoms with Gasteiger partial charge in [-0.25, -0.2) is 4.79 Å². The Morgan fingerprint density at radius 2 is 2.05 bits per heavy atom. The number of urea groups is 1. The van der Waals surface area contributed by atoms with E-state index >= 15 is 0 Å². The predicted molar refractivity (Wildman–Crippen MR) is 71.0 cm³/mol. The Labute approximate surface area is 113 Å². The zero-order valence-corrected chi connectivity index (χ0v) is 11.7. The average Bonchev–Trinajstić information content (AvgIpc) is 3.11. The van der Waals surface area contributed by atoms with Crippen LogP contribution in [0.4, 0.5) is 4.79 Å². The SMILES string of the molecule is COCCC1(CNC(=O)NCC(C)CC(=O)O)CC1. The minimum absolute atomic E-state index is 0.0633. The molecule has 1 atom stereocenters. The molecule has 110 valence electrons. The number of amides is 2. The number of ether oxygens (including phenoxy) is 1. The summed E-state index contributed by atoms with van der Waals surface area (Å²) in [6.07, 6.45) is 3.30. The van der Waals surface area contributed by atoms with Gasteiger partial charge in [-0.1, -0.05) is 6.92 Å². The highest BCUT2D eigenvalue weighted by atomic mass is 16.5. The van der Waals surface area contributed by atoms with Crippen molar-refractivity contribution >= 4 is 12.0 Å². The molecule has 0 spiro atoms. The summed E-state index contributed by atoms with van der Waals surface area (Å²) in [7, 11) is 1.68. The molecule has 1 fully saturated rings. The lowest BCUT2D eigenvalue weighted by atomic mass is 10.0. The van der Waals surface area contributed by atoms with Gasteiger partial charge in [0.15, 0.2) is 0 Å². The Kier molecular flexibility index (Phi) is 6.08. The smallest absolute Gasteiger partial charge is 0.314 e. The normalized spacial score (nSPS) is 17.6. The van der Waals surface area contributed by atoms with E-state index in [4.69, 9.17) is 9.84 Å². The minimum Gasteiger partial charge on any atom is -0.481 e. The standard InChI is InChI=1S/C13H24N2O4/c1-10(7-11(16)17)8-14-12(18)15-9-13(3-4-13)5-6-19-2/h10H,3-9H2,1-2H3,(H,16,17)(H2,14,15,18). The van der Waals surface area contributed by atoms with Crippen molar-refractivity contribution in [1.29, 1.82) is 0 Å². The Morgan fingerprint density at radius 3 is 2.58 bits per heavy atom. The molecule has 0 aliphatic heterocycles. The van der Waals surface area contributed by atoms with Crippen LogP contribution < -0.4 is 10.6 Å². The van der Waals surface area contributed by atoms with Crippen LogP contribution in [0.15, 0.2) is 0 Å². The van der Waals surface area contributed by atoms with Crippen molar-refractivity contribution in [3.8, 4) is 0 Å². The van der Waals surface area contributed by atoms with Gasteiger partial charge in [0.2, 0.25) is 0 Å². The monoisotopic (exact) mass is 272 g/mol. The Bertz CT molecular complexity index is 316. The van der Waals surface area contributed by atoms with Crippen LogP contribution in [0.2, 0.25) is 0 Å². The molecular formula is C13H24N2O4. The number of hydrogen-bond donors (Lipinski definition) is 3. The highest BCUT2D eigenvalue weighted by molar-refractivity contribution is 5.74. The second-order valence-electron chi connectivity index (χ2n) is 5.51. The number of carboxylic acids is 1. The fraction of sp³-hybridized carbons (Fsp3) is 0.846. The molecule has 0 aromatic carbocycles. The first kappa shape index (κ1) is 15.8. The van der Waals surface area contributed by atoms with Gasteiger partial charge in [0.25, 0.3) is 0 Å². The van der Waals surface area contributed by atoms with E-state index in [1.54, 1.807) is 14.0 Å². The van der Waals surface area contributed by atoms with Crippen molar-refractivity contribution in [2.24, 2.45) is 11.3 Å². The van der Waals surface area contributed by atoms with Gasteiger partial charge in [-0.05, 0) is 30.6 Å². The number of carboxylic acid groups (broad SMARTS) is 1. The van der Waals surface area contributed by atoms with E-state index < -0.39 is 5.97 Å². The maximum atomic E-state index is 11.6. The molecule has 1 aliphatic carbocycles. The summed E-state index contributed by atoms with van der Waals surface area (Å²) in [6, 6.07) is -0.221. The van der Waals surface area contributed by atoms with E-state index in [1.165, 1.54) is 0 Å². The molecule has 0 saturated heterocycles. The van der Waals surface area contributed by atoms with E-state index in [9.17, 15) is 9.59 Å². The Morgan fingerprint density at radius 1 is 1.37 bits per heavy atom. The van der Waals surface area contributed by atoms with Gasteiger partial charge in [0.05, 0.1) is 0 Å². The Hall–Kier alpha value is -1.30. The predicted octanol–water partition coefficient (Wildman–Crippen LogP) is 1.21. The molecule has 1 rings (SSSR count). The maximum Gasteiger partial charge on any atom is 0.314 e. The highest BCUT2D eigenvalue weighted by Crippen LogP contribution is 2.48. The van der Waals surface area contributed by atoms with Gasteiger partial charge in [0, 0.05) is 33.2 Å². The molecule has 0 bridgehead atoms. The molecule has 2 amide bonds. The first-order valence-corrected chi connectivity index (χ1v) is 6.70. The molecule has 1 unspecified atom stereocenters. The van der Waals surface area contributed by atoms with Crippen molar-refractivity contribution in [2.45, 2.75) is 32.6 Å². The molecule has 1 saturated carbocycles. The fourth-order valence-electron chi connectivity index (χ4n) is 1.98. The van der Waals surface area contributed by atoms with Crippen molar-refractivity contribution in [3.05, 3.63) is 0 Å². The van der Waals surface area contributed by atoms with Gasteiger partial charge >= 0.3 is 12.0 Å². The third kappa shape index (κ3) is 6.42. The molecule has 3 N–H and O–H groups in total. The van der Waals surface area contributed by atoms with Crippen molar-refractivity contribution in [1.82, 2.24) is 10.6 Å². The third-order valence-electron chi connectivity index (χ3n) is 3.55. The van der Waals surface area contributed by atoms with E-state index in [1.807, 2.05) is 0 Å². The van der Waals surface area contributed by atoms with E-state index in [2.05, 4.69) is 10.6 Å². The van der Waals surface area contributed by atoms with Crippen LogP contribution in [0.3, 0.4) is 0 Å². The number of carbonyl (C=O) groups is 2. The zero-order valence-electron chi connectivity index (χ0n) is 11.7. The van der Waals surface area contributed by atoms with Gasteiger partial charge in [-0.15, -0.1) is 0 Å². The molecule has 6 heteroatoms. The zero-order chi connectivity index (χ0) is 14.3. The summed E-state index contributed by atoms with van der Waals surface area (Å²) in [4.78, 5) is 22.1. The van der Waals surface area contributed by atoms with Crippen LogP contribution in [0.25, 0.3) is 0 Å². The topological polar surface area (TPSA) is 87.7 Å². The van der Waals surface area contributed by atoms with E-state index in [0.29, 0.717) is 13.1 Å². The quantitative estimate of drug-likeness (QED) is 0.589. The van der Waals surface area contributed by atoms with Crippen LogP contribution in [0, 0.1) is 11.3 Å². The molecule has 0 heterocycles. The Balaban J connectivity index is 2.13. The number of methoxy groups -OCH3 is 1. The third-order valence-corrected chi connectivity index (χ3v) is 3.55. The summed E-state index contributed by atoms with van der Waals surface area (Å²) >= 11 is 0. The number of nitrogens with one attached hydrogen (secondary N) is 2. The second-order valence-corrected chi connectivity index (χ2v) is 5.51. The summed E-state index contributed by atoms with van der Waals surface area (Å²) in [5, 5.41) is 14.2. The summed E-state index contributed by atoms with van der Waals surface area (Å²) in [5.41, 5.74) is 0.222. The van der Waals surface area contributed by atoms with Crippen LogP contribution in [0.5, 0.6) is 0 Å². The fourth-order valence-corrected chi connectivity index (χ4v) is 1.98. The molecule has 6 nitrogen and oxygen atoms in total. The minimum atomic E-state index is -0.841. The molecule has 0 aromatic rings. The lowest BCUT2D eigenvalue weighted by molar-refractivity contribution is -0.137. The summed E-state index contributed by atoms with van der Waals surface area (Å²) in [5.74, 6) is -0.905. The molecule has 19 heavy (non-hydrogen) atoms. The largest absolute Gasteiger partial charge is 0.481 e. The van der Waals surface area contributed by atoms with Crippen LogP contribution in [0.1, 0.15) is 32.6 Å². The first-order chi connectivity index (χ1) is 8.97. The van der Waals surface area contributed by atoms with Crippen molar-refractivity contribution in [3.63, 3.8) is 0 Å². The molecule has 0 radical (unpaired) electrons.